The van der Waals surface area contributed by atoms with Gasteiger partial charge in [-0.15, -0.1) is 5.10 Å². The van der Waals surface area contributed by atoms with Gasteiger partial charge in [-0.2, -0.15) is 5.10 Å². The molecule has 4 rings (SSSR count). The quantitative estimate of drug-likeness (QED) is 0.797. The smallest absolute Gasteiger partial charge is 0.151 e. The van der Waals surface area contributed by atoms with Crippen molar-refractivity contribution in [2.75, 3.05) is 29.9 Å². The van der Waals surface area contributed by atoms with Gasteiger partial charge in [-0.25, -0.2) is 9.97 Å². The van der Waals surface area contributed by atoms with Gasteiger partial charge in [-0.3, -0.25) is 0 Å². The Bertz CT molecular complexity index is 805. The predicted molar refractivity (Wildman–Crippen MR) is 90.5 cm³/mol. The van der Waals surface area contributed by atoms with Crippen LogP contribution in [0.25, 0.3) is 10.9 Å². The summed E-state index contributed by atoms with van der Waals surface area (Å²) in [5.74, 6) is 2.45. The van der Waals surface area contributed by atoms with Crippen LogP contribution in [-0.4, -0.2) is 39.8 Å². The number of aryl methyl sites for hydroxylation is 1. The Morgan fingerprint density at radius 1 is 1.09 bits per heavy atom. The fraction of sp³-hybridized carbons (Fsp3) is 0.294. The van der Waals surface area contributed by atoms with E-state index in [0.717, 1.165) is 47.9 Å². The average molecular weight is 306 g/mol. The Morgan fingerprint density at radius 3 is 2.78 bits per heavy atom. The minimum absolute atomic E-state index is 0.590. The number of hydrogen-bond donors (Lipinski definition) is 1. The summed E-state index contributed by atoms with van der Waals surface area (Å²) in [6.45, 7) is 4.84. The highest BCUT2D eigenvalue weighted by atomic mass is 15.3. The molecule has 3 aromatic rings. The predicted octanol–water partition coefficient (Wildman–Crippen LogP) is 2.28. The van der Waals surface area contributed by atoms with Gasteiger partial charge in [0, 0.05) is 30.9 Å². The SMILES string of the molecule is Cc1ccc(N2CC(CNc3ncnc4ccccc34)C2)nn1. The number of para-hydroxylation sites is 1. The zero-order valence-corrected chi connectivity index (χ0v) is 13.0. The lowest BCUT2D eigenvalue weighted by Gasteiger charge is -2.40. The van der Waals surface area contributed by atoms with Crippen molar-refractivity contribution < 1.29 is 0 Å². The van der Waals surface area contributed by atoms with Gasteiger partial charge in [0.1, 0.15) is 12.1 Å². The van der Waals surface area contributed by atoms with Crippen molar-refractivity contribution in [1.29, 1.82) is 0 Å². The van der Waals surface area contributed by atoms with E-state index in [1.54, 1.807) is 6.33 Å². The zero-order valence-electron chi connectivity index (χ0n) is 13.0. The molecule has 23 heavy (non-hydrogen) atoms. The minimum Gasteiger partial charge on any atom is -0.369 e. The van der Waals surface area contributed by atoms with Crippen LogP contribution in [-0.2, 0) is 0 Å². The van der Waals surface area contributed by atoms with Crippen molar-refractivity contribution in [2.45, 2.75) is 6.92 Å². The Labute approximate surface area is 134 Å². The highest BCUT2D eigenvalue weighted by Gasteiger charge is 2.27. The molecule has 1 aromatic carbocycles. The fourth-order valence-corrected chi connectivity index (χ4v) is 2.83. The summed E-state index contributed by atoms with van der Waals surface area (Å²) >= 11 is 0. The summed E-state index contributed by atoms with van der Waals surface area (Å²) in [4.78, 5) is 10.9. The summed E-state index contributed by atoms with van der Waals surface area (Å²) in [5.41, 5.74) is 1.92. The molecule has 0 saturated carbocycles. The molecule has 0 spiro atoms. The average Bonchev–Trinajstić information content (AvgIpc) is 2.55. The molecule has 1 fully saturated rings. The van der Waals surface area contributed by atoms with Crippen molar-refractivity contribution in [3.05, 3.63) is 48.4 Å². The second-order valence-electron chi connectivity index (χ2n) is 5.92. The molecule has 1 N–H and O–H groups in total. The monoisotopic (exact) mass is 306 g/mol. The minimum atomic E-state index is 0.590. The van der Waals surface area contributed by atoms with E-state index in [-0.39, 0.29) is 0 Å². The molecule has 1 aliphatic rings. The van der Waals surface area contributed by atoms with Crippen LogP contribution in [0.5, 0.6) is 0 Å². The van der Waals surface area contributed by atoms with Crippen molar-refractivity contribution in [3.8, 4) is 0 Å². The number of anilines is 2. The van der Waals surface area contributed by atoms with E-state index in [4.69, 9.17) is 0 Å². The van der Waals surface area contributed by atoms with Gasteiger partial charge >= 0.3 is 0 Å². The normalized spacial score (nSPS) is 14.7. The summed E-state index contributed by atoms with van der Waals surface area (Å²) in [5, 5.41) is 12.9. The van der Waals surface area contributed by atoms with Crippen LogP contribution in [0.4, 0.5) is 11.6 Å². The van der Waals surface area contributed by atoms with E-state index in [1.807, 2.05) is 43.3 Å². The lowest BCUT2D eigenvalue weighted by Crippen LogP contribution is -2.50. The third-order valence-corrected chi connectivity index (χ3v) is 4.17. The fourth-order valence-electron chi connectivity index (χ4n) is 2.83. The van der Waals surface area contributed by atoms with Gasteiger partial charge in [0.15, 0.2) is 5.82 Å². The molecule has 0 aliphatic carbocycles. The highest BCUT2D eigenvalue weighted by molar-refractivity contribution is 5.88. The molecule has 3 heterocycles. The third kappa shape index (κ3) is 2.79. The molecule has 0 radical (unpaired) electrons. The maximum atomic E-state index is 4.37. The first-order valence-corrected chi connectivity index (χ1v) is 7.78. The molecule has 6 heteroatoms. The van der Waals surface area contributed by atoms with Crippen LogP contribution in [0, 0.1) is 12.8 Å². The van der Waals surface area contributed by atoms with Gasteiger partial charge in [-0.05, 0) is 31.2 Å². The molecular weight excluding hydrogens is 288 g/mol. The number of nitrogens with one attached hydrogen (secondary N) is 1. The van der Waals surface area contributed by atoms with Gasteiger partial charge in [0.05, 0.1) is 11.2 Å². The first-order chi connectivity index (χ1) is 11.3. The van der Waals surface area contributed by atoms with Crippen LogP contribution in [0.15, 0.2) is 42.7 Å². The molecule has 116 valence electrons. The Morgan fingerprint density at radius 2 is 1.96 bits per heavy atom. The highest BCUT2D eigenvalue weighted by Crippen LogP contribution is 2.24. The van der Waals surface area contributed by atoms with E-state index in [1.165, 1.54) is 0 Å². The molecule has 1 aliphatic heterocycles. The molecule has 0 amide bonds. The Kier molecular flexibility index (Phi) is 3.49. The molecule has 6 nitrogen and oxygen atoms in total. The van der Waals surface area contributed by atoms with Crippen LogP contribution >= 0.6 is 0 Å². The van der Waals surface area contributed by atoms with Crippen molar-refractivity contribution >= 4 is 22.5 Å². The van der Waals surface area contributed by atoms with Crippen molar-refractivity contribution in [2.24, 2.45) is 5.92 Å². The Hall–Kier alpha value is -2.76. The molecular formula is C17H18N6. The van der Waals surface area contributed by atoms with E-state index in [2.05, 4.69) is 30.4 Å². The standard InChI is InChI=1S/C17H18N6/c1-12-6-7-16(22-21-12)23-9-13(10-23)8-18-17-14-4-2-3-5-15(14)19-11-20-17/h2-7,11,13H,8-10H2,1H3,(H,18,19,20). The largest absolute Gasteiger partial charge is 0.369 e. The van der Waals surface area contributed by atoms with E-state index < -0.39 is 0 Å². The molecule has 2 aromatic heterocycles. The van der Waals surface area contributed by atoms with Crippen molar-refractivity contribution in [3.63, 3.8) is 0 Å². The summed E-state index contributed by atoms with van der Waals surface area (Å²) in [6, 6.07) is 12.1. The third-order valence-electron chi connectivity index (χ3n) is 4.17. The maximum absolute atomic E-state index is 4.37. The van der Waals surface area contributed by atoms with Gasteiger partial charge < -0.3 is 10.2 Å². The second-order valence-corrected chi connectivity index (χ2v) is 5.92. The maximum Gasteiger partial charge on any atom is 0.151 e. The van der Waals surface area contributed by atoms with E-state index in [0.29, 0.717) is 5.92 Å². The lowest BCUT2D eigenvalue weighted by molar-refractivity contribution is 0.425. The second kappa shape index (κ2) is 5.79. The molecule has 0 unspecified atom stereocenters. The number of fused-ring (bicyclic) bond motifs is 1. The van der Waals surface area contributed by atoms with Gasteiger partial charge in [0.25, 0.3) is 0 Å². The van der Waals surface area contributed by atoms with Crippen molar-refractivity contribution in [1.82, 2.24) is 20.2 Å². The summed E-state index contributed by atoms with van der Waals surface area (Å²) < 4.78 is 0. The van der Waals surface area contributed by atoms with Crippen LogP contribution in [0.2, 0.25) is 0 Å². The first-order valence-electron chi connectivity index (χ1n) is 7.78. The Balaban J connectivity index is 1.37. The number of nitrogens with zero attached hydrogens (tertiary/aromatic N) is 5. The van der Waals surface area contributed by atoms with Gasteiger partial charge in [0.2, 0.25) is 0 Å². The van der Waals surface area contributed by atoms with Crippen LogP contribution in [0.1, 0.15) is 5.69 Å². The van der Waals surface area contributed by atoms with E-state index in [9.17, 15) is 0 Å². The lowest BCUT2D eigenvalue weighted by atomic mass is 10.00. The van der Waals surface area contributed by atoms with Gasteiger partial charge in [-0.1, -0.05) is 12.1 Å². The molecule has 1 saturated heterocycles. The molecule has 0 bridgehead atoms. The van der Waals surface area contributed by atoms with Crippen LogP contribution in [0.3, 0.4) is 0 Å². The van der Waals surface area contributed by atoms with Crippen LogP contribution < -0.4 is 10.2 Å². The number of aromatic nitrogens is 4. The summed E-state index contributed by atoms with van der Waals surface area (Å²) in [6.07, 6.45) is 1.61. The zero-order chi connectivity index (χ0) is 15.6. The number of hydrogen-bond acceptors (Lipinski definition) is 6. The number of rotatable bonds is 4. The topological polar surface area (TPSA) is 66.8 Å². The summed E-state index contributed by atoms with van der Waals surface area (Å²) in [7, 11) is 0. The first kappa shape index (κ1) is 13.9. The molecule has 0 atom stereocenters. The van der Waals surface area contributed by atoms with E-state index >= 15 is 0 Å². The number of benzene rings is 1.